The van der Waals surface area contributed by atoms with Crippen molar-refractivity contribution in [3.8, 4) is 11.1 Å². The fourth-order valence-electron chi connectivity index (χ4n) is 13.0. The number of nitrogens with zero attached hydrogens (tertiary/aromatic N) is 8. The lowest BCUT2D eigenvalue weighted by atomic mass is 9.39. The summed E-state index contributed by atoms with van der Waals surface area (Å²) in [6.07, 6.45) is 13.9. The number of thiazole rings is 1. The summed E-state index contributed by atoms with van der Waals surface area (Å²) in [4.78, 5) is 27.3. The van der Waals surface area contributed by atoms with E-state index in [0.29, 0.717) is 24.3 Å². The number of carboxylic acids is 1. The normalized spacial score (nSPS) is 27.8. The molecule has 1 saturated heterocycles. The van der Waals surface area contributed by atoms with Crippen molar-refractivity contribution < 1.29 is 14.6 Å². The average Bonchev–Trinajstić information content (AvgIpc) is 3.91. The van der Waals surface area contributed by atoms with Gasteiger partial charge in [-0.15, -0.1) is 16.4 Å². The molecule has 1 N–H and O–H groups in total. The first-order valence-electron chi connectivity index (χ1n) is 21.4. The Bertz CT molecular complexity index is 2410. The van der Waals surface area contributed by atoms with Gasteiger partial charge >= 0.3 is 5.97 Å². The van der Waals surface area contributed by atoms with Gasteiger partial charge in [0.05, 0.1) is 39.3 Å². The molecule has 4 saturated carbocycles. The summed E-state index contributed by atoms with van der Waals surface area (Å²) in [5.41, 5.74) is 8.34. The SMILES string of the molecule is Cc1ccc2sc(Cc3nnc4c(c3C)CCCN4c3ccc(-c4cnn(CC56CC7(C)CC(C)(C5)CC(OCCN5CCCC5)(C7)C6)c4C)c(C(=O)O)n3)nc2c1. The highest BCUT2D eigenvalue weighted by molar-refractivity contribution is 7.18. The van der Waals surface area contributed by atoms with Crippen LogP contribution in [0.4, 0.5) is 11.6 Å². The minimum absolute atomic E-state index is 0.0276. The van der Waals surface area contributed by atoms with Crippen molar-refractivity contribution in [2.24, 2.45) is 16.2 Å². The van der Waals surface area contributed by atoms with Crippen LogP contribution < -0.4 is 4.90 Å². The highest BCUT2D eigenvalue weighted by Gasteiger charge is 2.66. The number of fused-ring (bicyclic) bond motifs is 2. The van der Waals surface area contributed by atoms with E-state index in [2.05, 4.69) is 62.4 Å². The highest BCUT2D eigenvalue weighted by atomic mass is 32.1. The molecule has 11 rings (SSSR count). The minimum atomic E-state index is -1.06. The first-order valence-corrected chi connectivity index (χ1v) is 22.2. The number of benzene rings is 1. The second kappa shape index (κ2) is 13.9. The molecule has 4 aromatic heterocycles. The number of likely N-dealkylation sites (tertiary alicyclic amines) is 1. The van der Waals surface area contributed by atoms with Crippen LogP contribution in [-0.2, 0) is 24.1 Å². The number of hydrogen-bond donors (Lipinski definition) is 1. The van der Waals surface area contributed by atoms with Gasteiger partial charge < -0.3 is 19.6 Å². The van der Waals surface area contributed by atoms with Crippen LogP contribution in [0.1, 0.15) is 115 Å². The van der Waals surface area contributed by atoms with Gasteiger partial charge in [-0.3, -0.25) is 4.68 Å². The lowest BCUT2D eigenvalue weighted by Crippen LogP contribution is -2.64. The Morgan fingerprint density at radius 2 is 1.69 bits per heavy atom. The monoisotopic (exact) mass is 800 g/mol. The van der Waals surface area contributed by atoms with E-state index in [-0.39, 0.29) is 27.5 Å². The molecule has 304 valence electrons. The lowest BCUT2D eigenvalue weighted by Gasteiger charge is -2.69. The van der Waals surface area contributed by atoms with Crippen LogP contribution in [0.5, 0.6) is 0 Å². The van der Waals surface area contributed by atoms with Gasteiger partial charge in [0.25, 0.3) is 0 Å². The topological polar surface area (TPSA) is 122 Å². The Kier molecular flexibility index (Phi) is 9.11. The third kappa shape index (κ3) is 6.72. The quantitative estimate of drug-likeness (QED) is 0.139. The maximum atomic E-state index is 13.0. The van der Waals surface area contributed by atoms with Crippen molar-refractivity contribution in [1.82, 2.24) is 34.8 Å². The molecule has 5 aromatic rings. The number of hydrogen-bond acceptors (Lipinski definition) is 10. The Morgan fingerprint density at radius 3 is 2.47 bits per heavy atom. The molecule has 11 nitrogen and oxygen atoms in total. The second-order valence-electron chi connectivity index (χ2n) is 19.5. The van der Waals surface area contributed by atoms with E-state index in [4.69, 9.17) is 30.0 Å². The fourth-order valence-corrected chi connectivity index (χ4v) is 14.0. The summed E-state index contributed by atoms with van der Waals surface area (Å²) >= 11 is 1.70. The summed E-state index contributed by atoms with van der Waals surface area (Å²) in [7, 11) is 0. The molecule has 6 heterocycles. The Labute approximate surface area is 345 Å². The molecule has 4 aliphatic carbocycles. The molecule has 2 atom stereocenters. The fraction of sp³-hybridized carbons (Fsp3) is 0.565. The largest absolute Gasteiger partial charge is 0.476 e. The van der Waals surface area contributed by atoms with Crippen LogP contribution in [0.25, 0.3) is 21.3 Å². The predicted molar refractivity (Wildman–Crippen MR) is 227 cm³/mol. The minimum Gasteiger partial charge on any atom is -0.476 e. The zero-order chi connectivity index (χ0) is 40.0. The molecule has 4 bridgehead atoms. The number of aromatic nitrogens is 6. The van der Waals surface area contributed by atoms with Crippen LogP contribution in [-0.4, -0.2) is 84.3 Å². The van der Waals surface area contributed by atoms with E-state index in [1.54, 1.807) is 11.3 Å². The molecule has 58 heavy (non-hydrogen) atoms. The zero-order valence-electron chi connectivity index (χ0n) is 34.7. The van der Waals surface area contributed by atoms with Crippen molar-refractivity contribution in [2.75, 3.05) is 37.7 Å². The lowest BCUT2D eigenvalue weighted by molar-refractivity contribution is -0.248. The summed E-state index contributed by atoms with van der Waals surface area (Å²) in [5, 5.41) is 26.1. The van der Waals surface area contributed by atoms with E-state index in [1.165, 1.54) is 55.5 Å². The Morgan fingerprint density at radius 1 is 0.897 bits per heavy atom. The third-order valence-corrected chi connectivity index (χ3v) is 15.3. The highest BCUT2D eigenvalue weighted by Crippen LogP contribution is 2.72. The van der Waals surface area contributed by atoms with Crippen molar-refractivity contribution in [2.45, 2.75) is 117 Å². The zero-order valence-corrected chi connectivity index (χ0v) is 35.6. The van der Waals surface area contributed by atoms with Crippen molar-refractivity contribution in [3.05, 3.63) is 75.3 Å². The van der Waals surface area contributed by atoms with Crippen LogP contribution in [0.2, 0.25) is 0 Å². The number of carboxylic acid groups (broad SMARTS) is 1. The van der Waals surface area contributed by atoms with Crippen LogP contribution >= 0.6 is 11.3 Å². The summed E-state index contributed by atoms with van der Waals surface area (Å²) in [6, 6.07) is 10.2. The molecule has 12 heteroatoms. The van der Waals surface area contributed by atoms with Gasteiger partial charge in [0, 0.05) is 48.4 Å². The smallest absolute Gasteiger partial charge is 0.355 e. The molecule has 5 fully saturated rings. The van der Waals surface area contributed by atoms with Crippen molar-refractivity contribution in [1.29, 1.82) is 0 Å². The molecule has 0 spiro atoms. The molecule has 1 aromatic carbocycles. The maximum absolute atomic E-state index is 13.0. The van der Waals surface area contributed by atoms with Crippen LogP contribution in [0, 0.1) is 37.0 Å². The molecular formula is C46H56N8O3S. The van der Waals surface area contributed by atoms with Crippen LogP contribution in [0.15, 0.2) is 36.5 Å². The molecule has 2 aliphatic heterocycles. The van der Waals surface area contributed by atoms with E-state index in [0.717, 1.165) is 96.2 Å². The van der Waals surface area contributed by atoms with Crippen molar-refractivity contribution in [3.63, 3.8) is 0 Å². The number of pyridine rings is 1. The summed E-state index contributed by atoms with van der Waals surface area (Å²) in [6.45, 7) is 17.0. The van der Waals surface area contributed by atoms with Crippen LogP contribution in [0.3, 0.4) is 0 Å². The van der Waals surface area contributed by atoms with E-state index < -0.39 is 5.97 Å². The third-order valence-electron chi connectivity index (χ3n) is 14.3. The number of rotatable bonds is 11. The van der Waals surface area contributed by atoms with Crippen molar-refractivity contribution >= 4 is 39.2 Å². The molecule has 6 aliphatic rings. The van der Waals surface area contributed by atoms with E-state index in [9.17, 15) is 9.90 Å². The average molecular weight is 801 g/mol. The molecule has 2 unspecified atom stereocenters. The van der Waals surface area contributed by atoms with Gasteiger partial charge in [0.15, 0.2) is 11.5 Å². The summed E-state index contributed by atoms with van der Waals surface area (Å²) in [5.74, 6) is 0.267. The van der Waals surface area contributed by atoms with Gasteiger partial charge in [-0.2, -0.15) is 10.2 Å². The number of ether oxygens (including phenoxy) is 1. The van der Waals surface area contributed by atoms with E-state index in [1.807, 2.05) is 23.2 Å². The second-order valence-corrected chi connectivity index (χ2v) is 20.6. The molecule has 0 amide bonds. The summed E-state index contributed by atoms with van der Waals surface area (Å²) < 4.78 is 10.3. The van der Waals surface area contributed by atoms with Gasteiger partial charge in [-0.25, -0.2) is 14.8 Å². The predicted octanol–water partition coefficient (Wildman–Crippen LogP) is 8.87. The first kappa shape index (κ1) is 38.0. The standard InChI is InChI=1S/C46H56N8O3S/c1-29-10-12-37-36(19-29)48-39(58-37)20-35-30(2)32-9-8-16-53(41(32)51-50-35)38-13-11-33(40(49-38)42(55)56)34-21-47-54(31(34)3)28-45-23-43(4)22-44(5,24-45)26-46(25-43,27-45)57-18-17-52-14-6-7-15-52/h10-13,19,21H,6-9,14-18,20,22-28H2,1-5H3,(H,55,56). The van der Waals surface area contributed by atoms with Gasteiger partial charge in [0.1, 0.15) is 5.82 Å². The van der Waals surface area contributed by atoms with Gasteiger partial charge in [-0.05, 0) is 150 Å². The first-order chi connectivity index (χ1) is 27.8. The Hall–Kier alpha value is -4.26. The molecule has 0 radical (unpaired) electrons. The van der Waals surface area contributed by atoms with Gasteiger partial charge in [0.2, 0.25) is 0 Å². The van der Waals surface area contributed by atoms with E-state index >= 15 is 0 Å². The number of aromatic carboxylic acids is 1. The number of aryl methyl sites for hydroxylation is 1. The maximum Gasteiger partial charge on any atom is 0.355 e. The number of carbonyl (C=O) groups is 1. The Balaban J connectivity index is 0.903. The van der Waals surface area contributed by atoms with Gasteiger partial charge in [-0.1, -0.05) is 19.9 Å². The molecular weight excluding hydrogens is 745 g/mol. The number of anilines is 2.